The molecule has 6 nitrogen and oxygen atoms in total. The van der Waals surface area contributed by atoms with Crippen LogP contribution in [0.1, 0.15) is 24.6 Å². The second kappa shape index (κ2) is 4.89. The van der Waals surface area contributed by atoms with Gasteiger partial charge in [-0.05, 0) is 12.5 Å². The van der Waals surface area contributed by atoms with Crippen molar-refractivity contribution in [1.29, 1.82) is 0 Å². The van der Waals surface area contributed by atoms with Crippen molar-refractivity contribution < 1.29 is 14.6 Å². The van der Waals surface area contributed by atoms with E-state index in [-0.39, 0.29) is 0 Å². The number of aromatic nitrogens is 2. The van der Waals surface area contributed by atoms with Gasteiger partial charge in [-0.15, -0.1) is 0 Å². The Morgan fingerprint density at radius 2 is 2.19 bits per heavy atom. The number of ether oxygens (including phenoxy) is 1. The number of amides is 1. The van der Waals surface area contributed by atoms with Gasteiger partial charge < -0.3 is 15.2 Å². The van der Waals surface area contributed by atoms with Crippen LogP contribution >= 0.6 is 0 Å². The lowest BCUT2D eigenvalue weighted by molar-refractivity contribution is -0.130. The number of nitrogens with zero attached hydrogens (tertiary/aromatic N) is 2. The fourth-order valence-electron chi connectivity index (χ4n) is 2.74. The molecule has 0 bridgehead atoms. The van der Waals surface area contributed by atoms with Gasteiger partial charge in [0.1, 0.15) is 5.69 Å². The number of hydrogen-bond acceptors (Lipinski definition) is 4. The van der Waals surface area contributed by atoms with Crippen LogP contribution < -0.4 is 10.1 Å². The van der Waals surface area contributed by atoms with Gasteiger partial charge >= 0.3 is 0 Å². The maximum atomic E-state index is 12.4. The van der Waals surface area contributed by atoms with Crippen molar-refractivity contribution in [3.05, 3.63) is 41.7 Å². The molecule has 110 valence electrons. The Bertz CT molecular complexity index is 695. The monoisotopic (exact) mass is 287 g/mol. The highest BCUT2D eigenvalue weighted by atomic mass is 16.5. The molecule has 0 fully saturated rings. The number of rotatable bonds is 4. The van der Waals surface area contributed by atoms with Gasteiger partial charge in [0, 0.05) is 17.8 Å². The lowest BCUT2D eigenvalue weighted by Crippen LogP contribution is -2.38. The van der Waals surface area contributed by atoms with Crippen molar-refractivity contribution in [2.75, 3.05) is 12.4 Å². The van der Waals surface area contributed by atoms with Crippen LogP contribution in [0.2, 0.25) is 0 Å². The Kier molecular flexibility index (Phi) is 3.17. The minimum Gasteiger partial charge on any atom is -0.493 e. The molecular formula is C15H17N3O3. The first-order valence-corrected chi connectivity index (χ1v) is 6.86. The van der Waals surface area contributed by atoms with Crippen LogP contribution in [-0.4, -0.2) is 27.9 Å². The molecule has 0 aliphatic carbocycles. The van der Waals surface area contributed by atoms with Crippen LogP contribution in [0, 0.1) is 0 Å². The molecule has 2 heterocycles. The summed E-state index contributed by atoms with van der Waals surface area (Å²) in [6.07, 6.45) is 2.36. The normalized spacial score (nSPS) is 20.2. The highest BCUT2D eigenvalue weighted by Gasteiger charge is 2.50. The number of benzene rings is 1. The molecule has 1 aliphatic heterocycles. The van der Waals surface area contributed by atoms with E-state index in [4.69, 9.17) is 4.74 Å². The summed E-state index contributed by atoms with van der Waals surface area (Å²) < 4.78 is 6.92. The number of aryl methyl sites for hydroxylation is 1. The Labute approximate surface area is 122 Å². The van der Waals surface area contributed by atoms with Gasteiger partial charge in [-0.1, -0.05) is 25.1 Å². The molecule has 3 rings (SSSR count). The number of carbonyl (C=O) groups is 1. The Balaban J connectivity index is 2.23. The third-order valence-electron chi connectivity index (χ3n) is 3.70. The molecule has 6 heteroatoms. The zero-order chi connectivity index (χ0) is 15.0. The largest absolute Gasteiger partial charge is 0.493 e. The van der Waals surface area contributed by atoms with E-state index in [1.807, 2.05) is 13.0 Å². The maximum absolute atomic E-state index is 12.4. The molecule has 1 unspecified atom stereocenters. The average molecular weight is 287 g/mol. The summed E-state index contributed by atoms with van der Waals surface area (Å²) in [6, 6.07) is 7.09. The number of fused-ring (bicyclic) bond motifs is 1. The molecular weight excluding hydrogens is 270 g/mol. The standard InChI is InChI=1S/C15H17N3O3/c1-3-8-18-13(12(21-2)9-16-18)15(20)10-6-4-5-7-11(10)17-14(15)19/h4-7,9,20H,3,8H2,1-2H3,(H,17,19). The predicted octanol–water partition coefficient (Wildman–Crippen LogP) is 1.49. The summed E-state index contributed by atoms with van der Waals surface area (Å²) in [4.78, 5) is 12.4. The van der Waals surface area contributed by atoms with E-state index in [2.05, 4.69) is 10.4 Å². The Hall–Kier alpha value is -2.34. The van der Waals surface area contributed by atoms with E-state index in [9.17, 15) is 9.90 Å². The first-order chi connectivity index (χ1) is 10.1. The molecule has 0 radical (unpaired) electrons. The van der Waals surface area contributed by atoms with E-state index in [1.54, 1.807) is 22.9 Å². The second-order valence-electron chi connectivity index (χ2n) is 4.99. The number of para-hydroxylation sites is 1. The number of methoxy groups -OCH3 is 1. The number of anilines is 1. The lowest BCUT2D eigenvalue weighted by Gasteiger charge is -2.23. The SMILES string of the molecule is CCCn1ncc(OC)c1C1(O)C(=O)Nc2ccccc21. The van der Waals surface area contributed by atoms with Crippen molar-refractivity contribution in [2.24, 2.45) is 0 Å². The van der Waals surface area contributed by atoms with Crippen LogP contribution in [-0.2, 0) is 16.9 Å². The predicted molar refractivity (Wildman–Crippen MR) is 77.1 cm³/mol. The third-order valence-corrected chi connectivity index (χ3v) is 3.70. The number of aliphatic hydroxyl groups is 1. The van der Waals surface area contributed by atoms with Crippen molar-refractivity contribution in [3.63, 3.8) is 0 Å². The van der Waals surface area contributed by atoms with Gasteiger partial charge in [0.05, 0.1) is 13.3 Å². The molecule has 0 spiro atoms. The van der Waals surface area contributed by atoms with Crippen LogP contribution in [0.5, 0.6) is 5.75 Å². The van der Waals surface area contributed by atoms with E-state index >= 15 is 0 Å². The fraction of sp³-hybridized carbons (Fsp3) is 0.333. The quantitative estimate of drug-likeness (QED) is 0.893. The lowest BCUT2D eigenvalue weighted by atomic mass is 9.91. The Morgan fingerprint density at radius 1 is 1.43 bits per heavy atom. The highest BCUT2D eigenvalue weighted by Crippen LogP contribution is 2.43. The third kappa shape index (κ3) is 1.83. The number of carbonyl (C=O) groups excluding carboxylic acids is 1. The summed E-state index contributed by atoms with van der Waals surface area (Å²) in [6.45, 7) is 2.60. The minimum atomic E-state index is -1.78. The topological polar surface area (TPSA) is 76.4 Å². The van der Waals surface area contributed by atoms with Gasteiger partial charge in [-0.3, -0.25) is 9.48 Å². The molecule has 1 amide bonds. The van der Waals surface area contributed by atoms with Gasteiger partial charge in [-0.25, -0.2) is 0 Å². The molecule has 1 aromatic heterocycles. The zero-order valence-corrected chi connectivity index (χ0v) is 12.0. The summed E-state index contributed by atoms with van der Waals surface area (Å²) in [5.74, 6) is -0.0855. The first-order valence-electron chi connectivity index (χ1n) is 6.86. The van der Waals surface area contributed by atoms with Gasteiger partial charge in [0.25, 0.3) is 5.91 Å². The summed E-state index contributed by atoms with van der Waals surface area (Å²) >= 11 is 0. The number of hydrogen-bond donors (Lipinski definition) is 2. The first kappa shape index (κ1) is 13.6. The van der Waals surface area contributed by atoms with Crippen molar-refractivity contribution in [1.82, 2.24) is 9.78 Å². The molecule has 21 heavy (non-hydrogen) atoms. The summed E-state index contributed by atoms with van der Waals surface area (Å²) in [5.41, 5.74) is -0.287. The van der Waals surface area contributed by atoms with Crippen LogP contribution in [0.4, 0.5) is 5.69 Å². The zero-order valence-electron chi connectivity index (χ0n) is 12.0. The fourth-order valence-corrected chi connectivity index (χ4v) is 2.74. The molecule has 2 aromatic rings. The van der Waals surface area contributed by atoms with Crippen LogP contribution in [0.25, 0.3) is 0 Å². The summed E-state index contributed by atoms with van der Waals surface area (Å²) in [7, 11) is 1.50. The van der Waals surface area contributed by atoms with E-state index in [0.29, 0.717) is 29.2 Å². The Morgan fingerprint density at radius 3 is 2.90 bits per heavy atom. The van der Waals surface area contributed by atoms with E-state index < -0.39 is 11.5 Å². The van der Waals surface area contributed by atoms with Crippen molar-refractivity contribution >= 4 is 11.6 Å². The molecule has 0 saturated carbocycles. The van der Waals surface area contributed by atoms with Gasteiger partial charge in [0.2, 0.25) is 5.60 Å². The van der Waals surface area contributed by atoms with Crippen LogP contribution in [0.15, 0.2) is 30.5 Å². The average Bonchev–Trinajstić information content (AvgIpc) is 3.00. The molecule has 0 saturated heterocycles. The molecule has 1 aliphatic rings. The van der Waals surface area contributed by atoms with E-state index in [0.717, 1.165) is 6.42 Å². The molecule has 1 aromatic carbocycles. The second-order valence-corrected chi connectivity index (χ2v) is 4.99. The maximum Gasteiger partial charge on any atom is 0.267 e. The van der Waals surface area contributed by atoms with Gasteiger partial charge in [-0.2, -0.15) is 5.10 Å². The van der Waals surface area contributed by atoms with Gasteiger partial charge in [0.15, 0.2) is 5.75 Å². The smallest absolute Gasteiger partial charge is 0.267 e. The molecule has 1 atom stereocenters. The summed E-state index contributed by atoms with van der Waals surface area (Å²) in [5, 5.41) is 18.1. The molecule has 2 N–H and O–H groups in total. The van der Waals surface area contributed by atoms with Crippen molar-refractivity contribution in [3.8, 4) is 5.75 Å². The highest BCUT2D eigenvalue weighted by molar-refractivity contribution is 6.07. The van der Waals surface area contributed by atoms with E-state index in [1.165, 1.54) is 13.3 Å². The van der Waals surface area contributed by atoms with Crippen molar-refractivity contribution in [2.45, 2.75) is 25.5 Å². The van der Waals surface area contributed by atoms with Crippen LogP contribution in [0.3, 0.4) is 0 Å². The minimum absolute atomic E-state index is 0.370. The number of nitrogens with one attached hydrogen (secondary N) is 1.